The molecule has 1 atom stereocenters. The van der Waals surface area contributed by atoms with Crippen LogP contribution in [0.3, 0.4) is 0 Å². The molecule has 0 spiro atoms. The predicted octanol–water partition coefficient (Wildman–Crippen LogP) is 3.72. The first-order valence-corrected chi connectivity index (χ1v) is 6.67. The van der Waals surface area contributed by atoms with Crippen LogP contribution in [0, 0.1) is 0 Å². The molecule has 0 aliphatic heterocycles. The third-order valence-corrected chi connectivity index (χ3v) is 3.48. The number of hydrogen-bond donors (Lipinski definition) is 1. The summed E-state index contributed by atoms with van der Waals surface area (Å²) in [6, 6.07) is 10.3. The number of thioether (sulfide) groups is 1. The van der Waals surface area contributed by atoms with E-state index in [-0.39, 0.29) is 6.10 Å². The normalized spacial score (nSPS) is 12.7. The Balaban J connectivity index is 2.14. The molecule has 0 amide bonds. The summed E-state index contributed by atoms with van der Waals surface area (Å²) in [5, 5.41) is 9.72. The Hall–Kier alpha value is -0.470. The minimum atomic E-state index is -0.151. The lowest BCUT2D eigenvalue weighted by Crippen LogP contribution is -2.09. The Morgan fingerprint density at radius 1 is 1.20 bits per heavy atom. The molecular formula is C13H20OS. The van der Waals surface area contributed by atoms with Crippen LogP contribution in [0.25, 0.3) is 0 Å². The number of hydrogen-bond acceptors (Lipinski definition) is 2. The van der Waals surface area contributed by atoms with Crippen molar-refractivity contribution in [2.24, 2.45) is 0 Å². The zero-order valence-electron chi connectivity index (χ0n) is 9.36. The summed E-state index contributed by atoms with van der Waals surface area (Å²) < 4.78 is 0. The van der Waals surface area contributed by atoms with Crippen LogP contribution in [-0.2, 0) is 0 Å². The van der Waals surface area contributed by atoms with Crippen LogP contribution >= 0.6 is 11.8 Å². The van der Waals surface area contributed by atoms with Crippen molar-refractivity contribution in [3.63, 3.8) is 0 Å². The molecule has 0 aliphatic carbocycles. The number of rotatable bonds is 7. The molecule has 1 rings (SSSR count). The molecule has 0 heterocycles. The fourth-order valence-corrected chi connectivity index (χ4v) is 2.32. The summed E-state index contributed by atoms with van der Waals surface area (Å²) >= 11 is 1.74. The quantitative estimate of drug-likeness (QED) is 0.562. The van der Waals surface area contributed by atoms with Crippen molar-refractivity contribution in [1.82, 2.24) is 0 Å². The highest BCUT2D eigenvalue weighted by Crippen LogP contribution is 2.19. The first kappa shape index (κ1) is 12.6. The van der Waals surface area contributed by atoms with Crippen LogP contribution in [0.2, 0.25) is 0 Å². The highest BCUT2D eigenvalue weighted by Gasteiger charge is 2.04. The number of aliphatic hydroxyl groups excluding tert-OH is 1. The summed E-state index contributed by atoms with van der Waals surface area (Å²) in [4.78, 5) is 1.24. The topological polar surface area (TPSA) is 20.2 Å². The van der Waals surface area contributed by atoms with Gasteiger partial charge in [-0.15, -0.1) is 11.8 Å². The van der Waals surface area contributed by atoms with Gasteiger partial charge in [0.05, 0.1) is 6.10 Å². The van der Waals surface area contributed by atoms with Crippen molar-refractivity contribution in [3.8, 4) is 0 Å². The molecule has 0 aromatic heterocycles. The van der Waals surface area contributed by atoms with E-state index in [1.165, 1.54) is 17.7 Å². The minimum absolute atomic E-state index is 0.151. The van der Waals surface area contributed by atoms with Gasteiger partial charge in [-0.25, -0.2) is 0 Å². The Bertz CT molecular complexity index is 248. The van der Waals surface area contributed by atoms with Gasteiger partial charge in [0.2, 0.25) is 0 Å². The van der Waals surface area contributed by atoms with Gasteiger partial charge in [-0.05, 0) is 18.6 Å². The van der Waals surface area contributed by atoms with Crippen LogP contribution in [0.15, 0.2) is 35.2 Å². The molecule has 0 aliphatic rings. The maximum Gasteiger partial charge on any atom is 0.0634 e. The highest BCUT2D eigenvalue weighted by molar-refractivity contribution is 7.99. The lowest BCUT2D eigenvalue weighted by molar-refractivity contribution is 0.185. The summed E-state index contributed by atoms with van der Waals surface area (Å²) in [7, 11) is 0. The molecule has 2 heteroatoms. The standard InChI is InChI=1S/C13H20OS/c1-2-3-5-8-12(14)11-15-13-9-6-4-7-10-13/h4,6-7,9-10,12,14H,2-3,5,8,11H2,1H3. The van der Waals surface area contributed by atoms with Gasteiger partial charge in [-0.1, -0.05) is 44.4 Å². The Morgan fingerprint density at radius 2 is 1.93 bits per heavy atom. The summed E-state index contributed by atoms with van der Waals surface area (Å²) in [5.74, 6) is 0.813. The van der Waals surface area contributed by atoms with E-state index in [9.17, 15) is 5.11 Å². The van der Waals surface area contributed by atoms with Gasteiger partial charge < -0.3 is 5.11 Å². The Morgan fingerprint density at radius 3 is 2.60 bits per heavy atom. The average molecular weight is 224 g/mol. The second-order valence-corrected chi connectivity index (χ2v) is 4.87. The highest BCUT2D eigenvalue weighted by atomic mass is 32.2. The van der Waals surface area contributed by atoms with E-state index < -0.39 is 0 Å². The molecule has 0 fully saturated rings. The maximum absolute atomic E-state index is 9.72. The van der Waals surface area contributed by atoms with E-state index in [1.54, 1.807) is 11.8 Å². The van der Waals surface area contributed by atoms with Gasteiger partial charge in [0.1, 0.15) is 0 Å². The number of aliphatic hydroxyl groups is 1. The Kier molecular flexibility index (Phi) is 6.53. The molecule has 1 unspecified atom stereocenters. The van der Waals surface area contributed by atoms with Crippen molar-refractivity contribution in [1.29, 1.82) is 0 Å². The van der Waals surface area contributed by atoms with Crippen molar-refractivity contribution in [2.45, 2.75) is 43.6 Å². The molecule has 1 aromatic rings. The monoisotopic (exact) mass is 224 g/mol. The summed E-state index contributed by atoms with van der Waals surface area (Å²) in [6.45, 7) is 2.19. The molecule has 1 aromatic carbocycles. The largest absolute Gasteiger partial charge is 0.392 e. The molecule has 15 heavy (non-hydrogen) atoms. The smallest absolute Gasteiger partial charge is 0.0634 e. The maximum atomic E-state index is 9.72. The van der Waals surface area contributed by atoms with E-state index in [0.29, 0.717) is 0 Å². The lowest BCUT2D eigenvalue weighted by atomic mass is 10.1. The third kappa shape index (κ3) is 5.85. The fourth-order valence-electron chi connectivity index (χ4n) is 1.42. The molecule has 0 bridgehead atoms. The van der Waals surface area contributed by atoms with Gasteiger partial charge in [-0.2, -0.15) is 0 Å². The van der Waals surface area contributed by atoms with Crippen molar-refractivity contribution >= 4 is 11.8 Å². The van der Waals surface area contributed by atoms with Crippen LogP contribution in [-0.4, -0.2) is 17.0 Å². The SMILES string of the molecule is CCCCCC(O)CSc1ccccc1. The molecule has 0 saturated carbocycles. The predicted molar refractivity (Wildman–Crippen MR) is 67.3 cm³/mol. The number of benzene rings is 1. The van der Waals surface area contributed by atoms with Gasteiger partial charge in [0.15, 0.2) is 0 Å². The molecule has 1 nitrogen and oxygen atoms in total. The van der Waals surface area contributed by atoms with Crippen molar-refractivity contribution < 1.29 is 5.11 Å². The zero-order chi connectivity index (χ0) is 10.9. The minimum Gasteiger partial charge on any atom is -0.392 e. The van der Waals surface area contributed by atoms with Crippen molar-refractivity contribution in [3.05, 3.63) is 30.3 Å². The summed E-state index contributed by atoms with van der Waals surface area (Å²) in [6.07, 6.45) is 4.38. The van der Waals surface area contributed by atoms with Gasteiger partial charge >= 0.3 is 0 Å². The van der Waals surface area contributed by atoms with E-state index in [4.69, 9.17) is 0 Å². The summed E-state index contributed by atoms with van der Waals surface area (Å²) in [5.41, 5.74) is 0. The zero-order valence-corrected chi connectivity index (χ0v) is 10.2. The first-order chi connectivity index (χ1) is 7.33. The van der Waals surface area contributed by atoms with Crippen molar-refractivity contribution in [2.75, 3.05) is 5.75 Å². The Labute approximate surface area is 96.9 Å². The fraction of sp³-hybridized carbons (Fsp3) is 0.538. The van der Waals surface area contributed by atoms with Crippen LogP contribution in [0.1, 0.15) is 32.6 Å². The lowest BCUT2D eigenvalue weighted by Gasteiger charge is -2.09. The van der Waals surface area contributed by atoms with E-state index in [2.05, 4.69) is 19.1 Å². The average Bonchev–Trinajstić information content (AvgIpc) is 2.28. The van der Waals surface area contributed by atoms with Crippen LogP contribution in [0.4, 0.5) is 0 Å². The molecule has 1 N–H and O–H groups in total. The third-order valence-electron chi connectivity index (χ3n) is 2.33. The van der Waals surface area contributed by atoms with E-state index in [1.807, 2.05) is 18.2 Å². The number of unbranched alkanes of at least 4 members (excludes halogenated alkanes) is 2. The van der Waals surface area contributed by atoms with Gasteiger partial charge in [-0.3, -0.25) is 0 Å². The van der Waals surface area contributed by atoms with Gasteiger partial charge in [0, 0.05) is 10.6 Å². The first-order valence-electron chi connectivity index (χ1n) is 5.69. The van der Waals surface area contributed by atoms with E-state index in [0.717, 1.165) is 18.6 Å². The molecule has 0 radical (unpaired) electrons. The van der Waals surface area contributed by atoms with Crippen LogP contribution < -0.4 is 0 Å². The molecular weight excluding hydrogens is 204 g/mol. The molecule has 84 valence electrons. The van der Waals surface area contributed by atoms with Gasteiger partial charge in [0.25, 0.3) is 0 Å². The second-order valence-electron chi connectivity index (χ2n) is 3.77. The molecule has 0 saturated heterocycles. The van der Waals surface area contributed by atoms with E-state index >= 15 is 0 Å². The van der Waals surface area contributed by atoms with Crippen LogP contribution in [0.5, 0.6) is 0 Å². The second kappa shape index (κ2) is 7.77.